The lowest BCUT2D eigenvalue weighted by Crippen LogP contribution is -2.63. The second-order valence-corrected chi connectivity index (χ2v) is 8.73. The highest BCUT2D eigenvalue weighted by molar-refractivity contribution is 6.04. The van der Waals surface area contributed by atoms with Crippen molar-refractivity contribution in [3.05, 3.63) is 83.2 Å². The van der Waals surface area contributed by atoms with Crippen molar-refractivity contribution in [1.29, 1.82) is 0 Å². The van der Waals surface area contributed by atoms with E-state index < -0.39 is 12.2 Å². The number of hydrogen-bond acceptors (Lipinski definition) is 5. The van der Waals surface area contributed by atoms with Gasteiger partial charge < -0.3 is 14.7 Å². The molecule has 0 aliphatic carbocycles. The molecule has 2 aromatic rings. The number of nitrogens with zero attached hydrogens (tertiary/aromatic N) is 5. The number of aliphatic imine (C=N–C) groups is 1. The standard InChI is InChI=1S/C25H27N5O2/c1-16-9-8-10-19(13-16)15-29-23(31)21-22(27(4)25(29)32)26-24-28(21)14-17(2)30(24)18(3)20-11-6-5-7-12-20/h5-14,18,21-22H,15H2,1-4H3. The quantitative estimate of drug-likeness (QED) is 0.744. The number of hydrogen-bond donors (Lipinski definition) is 0. The molecule has 1 fully saturated rings. The highest BCUT2D eigenvalue weighted by Gasteiger charge is 2.54. The second kappa shape index (κ2) is 7.51. The summed E-state index contributed by atoms with van der Waals surface area (Å²) < 4.78 is 0. The minimum atomic E-state index is -0.555. The highest BCUT2D eigenvalue weighted by Crippen LogP contribution is 2.38. The first-order chi connectivity index (χ1) is 15.4. The molecular weight excluding hydrogens is 402 g/mol. The third kappa shape index (κ3) is 3.07. The number of imide groups is 1. The average molecular weight is 430 g/mol. The number of carbonyl (C=O) groups is 2. The van der Waals surface area contributed by atoms with Crippen molar-refractivity contribution in [3.63, 3.8) is 0 Å². The van der Waals surface area contributed by atoms with Crippen molar-refractivity contribution >= 4 is 17.9 Å². The van der Waals surface area contributed by atoms with E-state index in [-0.39, 0.29) is 24.5 Å². The van der Waals surface area contributed by atoms with Crippen molar-refractivity contribution in [2.45, 2.75) is 45.6 Å². The molecule has 7 nitrogen and oxygen atoms in total. The van der Waals surface area contributed by atoms with Crippen LogP contribution < -0.4 is 0 Å². The Labute approximate surface area is 188 Å². The number of amides is 3. The van der Waals surface area contributed by atoms with Crippen LogP contribution in [0.15, 0.2) is 71.5 Å². The lowest BCUT2D eigenvalue weighted by atomic mass is 10.1. The predicted molar refractivity (Wildman–Crippen MR) is 122 cm³/mol. The molecule has 2 aromatic carbocycles. The summed E-state index contributed by atoms with van der Waals surface area (Å²) >= 11 is 0. The number of benzene rings is 2. The SMILES string of the molecule is CC1=CN2C(=NC3C2C(=O)N(Cc2cccc(C)c2)C(=O)N3C)N1C(C)c1ccccc1. The monoisotopic (exact) mass is 429 g/mol. The molecule has 3 aliphatic heterocycles. The van der Waals surface area contributed by atoms with Crippen LogP contribution in [0.5, 0.6) is 0 Å². The van der Waals surface area contributed by atoms with E-state index in [1.165, 1.54) is 4.90 Å². The summed E-state index contributed by atoms with van der Waals surface area (Å²) in [6, 6.07) is 17.3. The van der Waals surface area contributed by atoms with E-state index in [9.17, 15) is 9.59 Å². The summed E-state index contributed by atoms with van der Waals surface area (Å²) in [4.78, 5) is 38.5. The van der Waals surface area contributed by atoms with E-state index >= 15 is 0 Å². The maximum absolute atomic E-state index is 13.6. The molecule has 0 N–H and O–H groups in total. The fraction of sp³-hybridized carbons (Fsp3) is 0.320. The zero-order chi connectivity index (χ0) is 22.6. The molecule has 1 saturated heterocycles. The summed E-state index contributed by atoms with van der Waals surface area (Å²) in [6.45, 7) is 6.41. The van der Waals surface area contributed by atoms with Crippen LogP contribution in [0.25, 0.3) is 0 Å². The van der Waals surface area contributed by atoms with Crippen LogP contribution in [0.2, 0.25) is 0 Å². The van der Waals surface area contributed by atoms with Gasteiger partial charge in [0, 0.05) is 18.9 Å². The molecule has 0 bridgehead atoms. The number of carbonyl (C=O) groups excluding carboxylic acids is 2. The maximum atomic E-state index is 13.6. The molecular formula is C25H27N5O2. The van der Waals surface area contributed by atoms with Gasteiger partial charge in [-0.2, -0.15) is 0 Å². The minimum absolute atomic E-state index is 0.0517. The Morgan fingerprint density at radius 3 is 2.50 bits per heavy atom. The topological polar surface area (TPSA) is 59.5 Å². The molecule has 3 amide bonds. The van der Waals surface area contributed by atoms with Crippen LogP contribution in [-0.2, 0) is 11.3 Å². The zero-order valence-corrected chi connectivity index (χ0v) is 18.8. The lowest BCUT2D eigenvalue weighted by Gasteiger charge is -2.40. The number of allylic oxidation sites excluding steroid dienone is 1. The number of rotatable bonds is 4. The van der Waals surface area contributed by atoms with E-state index in [0.29, 0.717) is 0 Å². The van der Waals surface area contributed by atoms with Crippen molar-refractivity contribution in [2.24, 2.45) is 4.99 Å². The van der Waals surface area contributed by atoms with Gasteiger partial charge in [-0.3, -0.25) is 9.69 Å². The van der Waals surface area contributed by atoms with Crippen LogP contribution in [0.3, 0.4) is 0 Å². The van der Waals surface area contributed by atoms with E-state index in [4.69, 9.17) is 4.99 Å². The van der Waals surface area contributed by atoms with Crippen LogP contribution in [0.4, 0.5) is 4.79 Å². The van der Waals surface area contributed by atoms with Crippen LogP contribution >= 0.6 is 0 Å². The summed E-state index contributed by atoms with van der Waals surface area (Å²) in [5.41, 5.74) is 4.22. The van der Waals surface area contributed by atoms with Gasteiger partial charge in [0.25, 0.3) is 5.91 Å². The molecule has 0 aromatic heterocycles. The normalized spacial score (nSPS) is 23.2. The van der Waals surface area contributed by atoms with E-state index in [0.717, 1.165) is 28.3 Å². The first-order valence-electron chi connectivity index (χ1n) is 10.9. The number of guanidine groups is 1. The molecule has 3 heterocycles. The summed E-state index contributed by atoms with van der Waals surface area (Å²) in [5.74, 6) is 0.510. The summed E-state index contributed by atoms with van der Waals surface area (Å²) in [7, 11) is 1.73. The number of fused-ring (bicyclic) bond motifs is 3. The third-order valence-electron chi connectivity index (χ3n) is 6.52. The van der Waals surface area contributed by atoms with Gasteiger partial charge in [-0.25, -0.2) is 9.79 Å². The fourth-order valence-corrected chi connectivity index (χ4v) is 4.87. The number of aryl methyl sites for hydroxylation is 1. The molecule has 164 valence electrons. The van der Waals surface area contributed by atoms with Crippen LogP contribution in [0.1, 0.15) is 36.6 Å². The molecule has 3 atom stereocenters. The van der Waals surface area contributed by atoms with Gasteiger partial charge in [0.1, 0.15) is 0 Å². The Morgan fingerprint density at radius 2 is 1.78 bits per heavy atom. The van der Waals surface area contributed by atoms with Crippen LogP contribution in [-0.4, -0.2) is 56.8 Å². The molecule has 0 saturated carbocycles. The Hall–Kier alpha value is -3.61. The van der Waals surface area contributed by atoms with E-state index in [1.807, 2.05) is 67.4 Å². The Bertz CT molecular complexity index is 1140. The van der Waals surface area contributed by atoms with Crippen LogP contribution in [0, 0.1) is 6.92 Å². The van der Waals surface area contributed by atoms with E-state index in [1.54, 1.807) is 11.9 Å². The fourth-order valence-electron chi connectivity index (χ4n) is 4.87. The van der Waals surface area contributed by atoms with Gasteiger partial charge in [0.05, 0.1) is 12.6 Å². The highest BCUT2D eigenvalue weighted by atomic mass is 16.2. The van der Waals surface area contributed by atoms with Gasteiger partial charge in [-0.05, 0) is 31.9 Å². The number of likely N-dealkylation sites (N-methyl/N-ethyl adjacent to an activating group) is 1. The largest absolute Gasteiger partial charge is 0.328 e. The second-order valence-electron chi connectivity index (χ2n) is 8.73. The van der Waals surface area contributed by atoms with Gasteiger partial charge in [-0.1, -0.05) is 60.2 Å². The molecule has 32 heavy (non-hydrogen) atoms. The molecule has 5 rings (SSSR count). The molecule has 3 unspecified atom stereocenters. The van der Waals surface area contributed by atoms with Crippen molar-refractivity contribution in [1.82, 2.24) is 19.6 Å². The smallest absolute Gasteiger partial charge is 0.308 e. The Kier molecular flexibility index (Phi) is 4.77. The first kappa shape index (κ1) is 20.3. The first-order valence-corrected chi connectivity index (χ1v) is 10.9. The van der Waals surface area contributed by atoms with E-state index in [2.05, 4.69) is 24.0 Å². The predicted octanol–water partition coefficient (Wildman–Crippen LogP) is 3.69. The Balaban J connectivity index is 1.45. The van der Waals surface area contributed by atoms with Gasteiger partial charge in [0.15, 0.2) is 12.2 Å². The summed E-state index contributed by atoms with van der Waals surface area (Å²) in [6.07, 6.45) is 1.45. The van der Waals surface area contributed by atoms with Gasteiger partial charge >= 0.3 is 6.03 Å². The molecule has 3 aliphatic rings. The maximum Gasteiger partial charge on any atom is 0.328 e. The van der Waals surface area contributed by atoms with Gasteiger partial charge in [0.2, 0.25) is 5.96 Å². The third-order valence-corrected chi connectivity index (χ3v) is 6.52. The minimum Gasteiger partial charge on any atom is -0.308 e. The van der Waals surface area contributed by atoms with Crippen molar-refractivity contribution < 1.29 is 9.59 Å². The van der Waals surface area contributed by atoms with Gasteiger partial charge in [-0.15, -0.1) is 0 Å². The van der Waals surface area contributed by atoms with Crippen molar-refractivity contribution in [2.75, 3.05) is 7.05 Å². The average Bonchev–Trinajstić information content (AvgIpc) is 3.30. The molecule has 0 spiro atoms. The molecule has 0 radical (unpaired) electrons. The van der Waals surface area contributed by atoms with Crippen molar-refractivity contribution in [3.8, 4) is 0 Å². The zero-order valence-electron chi connectivity index (χ0n) is 18.8. The molecule has 7 heteroatoms. The number of urea groups is 1. The Morgan fingerprint density at radius 1 is 1.03 bits per heavy atom. The lowest BCUT2D eigenvalue weighted by molar-refractivity contribution is -0.137. The summed E-state index contributed by atoms with van der Waals surface area (Å²) in [5, 5.41) is 0.